The van der Waals surface area contributed by atoms with Gasteiger partial charge in [0.25, 0.3) is 5.69 Å². The fourth-order valence-electron chi connectivity index (χ4n) is 3.57. The van der Waals surface area contributed by atoms with Gasteiger partial charge in [-0.1, -0.05) is 36.4 Å². The number of ether oxygens (including phenoxy) is 1. The highest BCUT2D eigenvalue weighted by atomic mass is 16.6. The van der Waals surface area contributed by atoms with Crippen LogP contribution in [0.2, 0.25) is 0 Å². The Morgan fingerprint density at radius 2 is 1.60 bits per heavy atom. The molecule has 3 aromatic carbocycles. The molecule has 150 valence electrons. The monoisotopic (exact) mass is 402 g/mol. The molecule has 4 rings (SSSR count). The van der Waals surface area contributed by atoms with Crippen molar-refractivity contribution >= 4 is 33.5 Å². The zero-order chi connectivity index (χ0) is 21.3. The number of para-hydroxylation sites is 2. The van der Waals surface area contributed by atoms with Crippen LogP contribution in [0.15, 0.2) is 77.6 Å². The van der Waals surface area contributed by atoms with Crippen molar-refractivity contribution < 1.29 is 14.5 Å². The molecule has 4 aromatic rings. The highest BCUT2D eigenvalue weighted by Gasteiger charge is 2.17. The Bertz CT molecular complexity index is 1280. The lowest BCUT2D eigenvalue weighted by Gasteiger charge is -2.17. The maximum absolute atomic E-state index is 12.8. The normalized spacial score (nSPS) is 12.0. The number of benzene rings is 3. The maximum atomic E-state index is 12.8. The third-order valence-corrected chi connectivity index (χ3v) is 5.02. The maximum Gasteiger partial charge on any atom is 0.326 e. The third kappa shape index (κ3) is 3.53. The number of hydrogen-bond donors (Lipinski definition) is 0. The van der Waals surface area contributed by atoms with Gasteiger partial charge in [-0.25, -0.2) is 0 Å². The number of nitrogens with zero attached hydrogens (tertiary/aromatic N) is 2. The van der Waals surface area contributed by atoms with Gasteiger partial charge in [-0.3, -0.25) is 19.7 Å². The molecule has 1 atom stereocenters. The van der Waals surface area contributed by atoms with Crippen LogP contribution in [0.5, 0.6) is 0 Å². The molecule has 0 saturated heterocycles. The van der Waals surface area contributed by atoms with Gasteiger partial charge in [0.05, 0.1) is 16.0 Å². The van der Waals surface area contributed by atoms with E-state index in [2.05, 4.69) is 0 Å². The second-order valence-corrected chi connectivity index (χ2v) is 6.93. The van der Waals surface area contributed by atoms with Gasteiger partial charge in [0.1, 0.15) is 12.6 Å². The summed E-state index contributed by atoms with van der Waals surface area (Å²) in [6.07, 6.45) is -0.658. The van der Waals surface area contributed by atoms with Gasteiger partial charge >= 0.3 is 5.97 Å². The number of nitro groups is 1. The van der Waals surface area contributed by atoms with Crippen LogP contribution < -0.4 is 5.43 Å². The molecule has 0 fully saturated rings. The van der Waals surface area contributed by atoms with Crippen LogP contribution in [-0.4, -0.2) is 15.5 Å². The van der Waals surface area contributed by atoms with Crippen LogP contribution >= 0.6 is 0 Å². The first-order valence-electron chi connectivity index (χ1n) is 9.40. The van der Waals surface area contributed by atoms with Gasteiger partial charge in [-0.2, -0.15) is 0 Å². The van der Waals surface area contributed by atoms with Gasteiger partial charge in [-0.15, -0.1) is 0 Å². The van der Waals surface area contributed by atoms with Crippen molar-refractivity contribution in [3.8, 4) is 0 Å². The van der Waals surface area contributed by atoms with Gasteiger partial charge < -0.3 is 9.30 Å². The number of carbonyl (C=O) groups excluding carboxylic acids is 1. The van der Waals surface area contributed by atoms with Crippen molar-refractivity contribution in [2.75, 3.05) is 0 Å². The molecule has 0 bridgehead atoms. The number of pyridine rings is 1. The van der Waals surface area contributed by atoms with Crippen LogP contribution in [0.4, 0.5) is 5.69 Å². The number of carbonyl (C=O) groups is 1. The van der Waals surface area contributed by atoms with Gasteiger partial charge in [0.15, 0.2) is 5.43 Å². The third-order valence-electron chi connectivity index (χ3n) is 5.02. The number of aromatic nitrogens is 1. The van der Waals surface area contributed by atoms with Crippen molar-refractivity contribution in [2.24, 2.45) is 0 Å². The van der Waals surface area contributed by atoms with E-state index in [0.29, 0.717) is 27.4 Å². The van der Waals surface area contributed by atoms with Gasteiger partial charge in [0, 0.05) is 22.9 Å². The van der Waals surface area contributed by atoms with E-state index in [1.807, 2.05) is 12.1 Å². The molecule has 1 heterocycles. The fraction of sp³-hybridized carbons (Fsp3) is 0.130. The summed E-state index contributed by atoms with van der Waals surface area (Å²) in [7, 11) is 0. The Morgan fingerprint density at radius 1 is 1.00 bits per heavy atom. The molecule has 0 amide bonds. The Hall–Kier alpha value is -4.00. The molecular weight excluding hydrogens is 384 g/mol. The minimum Gasteiger partial charge on any atom is -0.456 e. The summed E-state index contributed by atoms with van der Waals surface area (Å²) in [5, 5.41) is 12.0. The van der Waals surface area contributed by atoms with Crippen molar-refractivity contribution in [3.05, 3.63) is 98.7 Å². The Balaban J connectivity index is 1.68. The predicted molar refractivity (Wildman–Crippen MR) is 113 cm³/mol. The van der Waals surface area contributed by atoms with Crippen molar-refractivity contribution in [1.82, 2.24) is 4.57 Å². The molecule has 0 saturated carbocycles. The van der Waals surface area contributed by atoms with E-state index in [-0.39, 0.29) is 17.7 Å². The first-order valence-corrected chi connectivity index (χ1v) is 9.40. The van der Waals surface area contributed by atoms with Gasteiger partial charge in [-0.05, 0) is 36.8 Å². The molecule has 0 aliphatic heterocycles. The second-order valence-electron chi connectivity index (χ2n) is 6.93. The van der Waals surface area contributed by atoms with Crippen molar-refractivity contribution in [2.45, 2.75) is 19.6 Å². The zero-order valence-electron chi connectivity index (χ0n) is 16.1. The summed E-state index contributed by atoms with van der Waals surface area (Å²) >= 11 is 0. The molecular formula is C23H18N2O5. The summed E-state index contributed by atoms with van der Waals surface area (Å²) in [6, 6.07) is 20.2. The van der Waals surface area contributed by atoms with Gasteiger partial charge in [0.2, 0.25) is 0 Å². The Labute approximate surface area is 171 Å². The number of rotatable bonds is 5. The Kier molecular flexibility index (Phi) is 5.02. The summed E-state index contributed by atoms with van der Waals surface area (Å²) < 4.78 is 7.30. The molecule has 0 N–H and O–H groups in total. The topological polar surface area (TPSA) is 91.4 Å². The Morgan fingerprint density at radius 3 is 2.20 bits per heavy atom. The highest BCUT2D eigenvalue weighted by Crippen LogP contribution is 2.23. The zero-order valence-corrected chi connectivity index (χ0v) is 16.1. The van der Waals surface area contributed by atoms with Crippen LogP contribution in [0.25, 0.3) is 21.8 Å². The summed E-state index contributed by atoms with van der Waals surface area (Å²) in [6.45, 7) is 1.57. The van der Waals surface area contributed by atoms with E-state index < -0.39 is 17.0 Å². The summed E-state index contributed by atoms with van der Waals surface area (Å²) in [5.41, 5.74) is 1.66. The van der Waals surface area contributed by atoms with E-state index in [1.165, 1.54) is 12.1 Å². The van der Waals surface area contributed by atoms with Crippen LogP contribution in [-0.2, 0) is 16.1 Å². The summed E-state index contributed by atoms with van der Waals surface area (Å²) in [5.74, 6) is -0.507. The lowest BCUT2D eigenvalue weighted by atomic mass is 10.1. The quantitative estimate of drug-likeness (QED) is 0.214. The smallest absolute Gasteiger partial charge is 0.326 e. The molecule has 7 nitrogen and oxygen atoms in total. The largest absolute Gasteiger partial charge is 0.456 e. The molecule has 1 aromatic heterocycles. The number of nitro benzene ring substituents is 1. The first kappa shape index (κ1) is 19.3. The van der Waals surface area contributed by atoms with Crippen molar-refractivity contribution in [3.63, 3.8) is 0 Å². The lowest BCUT2D eigenvalue weighted by molar-refractivity contribution is -0.385. The predicted octanol–water partition coefficient (Wildman–Crippen LogP) is 4.37. The fourth-order valence-corrected chi connectivity index (χ4v) is 3.57. The first-order chi connectivity index (χ1) is 14.5. The second kappa shape index (κ2) is 7.79. The van der Waals surface area contributed by atoms with E-state index in [1.54, 1.807) is 60.0 Å². The average Bonchev–Trinajstić information content (AvgIpc) is 2.76. The molecule has 0 aliphatic rings. The van der Waals surface area contributed by atoms with E-state index in [4.69, 9.17) is 4.74 Å². The number of non-ortho nitro benzene ring substituents is 1. The number of hydrogen-bond acceptors (Lipinski definition) is 5. The van der Waals surface area contributed by atoms with Crippen LogP contribution in [0.1, 0.15) is 18.6 Å². The van der Waals surface area contributed by atoms with E-state index in [9.17, 15) is 19.7 Å². The number of fused-ring (bicyclic) bond motifs is 2. The van der Waals surface area contributed by atoms with E-state index >= 15 is 0 Å². The molecule has 0 spiro atoms. The molecule has 7 heteroatoms. The van der Waals surface area contributed by atoms with Crippen molar-refractivity contribution in [1.29, 1.82) is 0 Å². The average molecular weight is 402 g/mol. The molecule has 0 radical (unpaired) electrons. The molecule has 1 unspecified atom stereocenters. The van der Waals surface area contributed by atoms with E-state index in [0.717, 1.165) is 0 Å². The van der Waals surface area contributed by atoms with Crippen LogP contribution in [0, 0.1) is 10.1 Å². The molecule has 0 aliphatic carbocycles. The summed E-state index contributed by atoms with van der Waals surface area (Å²) in [4.78, 5) is 36.0. The number of esters is 1. The van der Waals surface area contributed by atoms with Crippen LogP contribution in [0.3, 0.4) is 0 Å². The minimum absolute atomic E-state index is 0.0622. The minimum atomic E-state index is -0.658. The lowest BCUT2D eigenvalue weighted by Crippen LogP contribution is -2.19. The SMILES string of the molecule is CC(OC(=O)Cn1c2ccccc2c(=O)c2ccccc21)c1cccc([N+](=O)[O-])c1. The standard InChI is InChI=1S/C23H18N2O5/c1-15(16-7-6-8-17(13-16)25(28)29)30-22(26)14-24-20-11-4-2-9-18(20)23(27)19-10-3-5-12-21(19)24/h2-13,15H,14H2,1H3. The highest BCUT2D eigenvalue weighted by molar-refractivity contribution is 5.94. The molecule has 30 heavy (non-hydrogen) atoms.